The van der Waals surface area contributed by atoms with Gasteiger partial charge in [-0.2, -0.15) is 0 Å². The summed E-state index contributed by atoms with van der Waals surface area (Å²) >= 11 is 0. The van der Waals surface area contributed by atoms with Crippen LogP contribution in [0, 0.1) is 6.92 Å². The summed E-state index contributed by atoms with van der Waals surface area (Å²) in [5, 5.41) is 8.92. The number of rotatable bonds is 2. The molecule has 0 spiro atoms. The van der Waals surface area contributed by atoms with Crippen molar-refractivity contribution in [3.63, 3.8) is 0 Å². The maximum absolute atomic E-state index is 10.9. The first-order valence-corrected chi connectivity index (χ1v) is 4.98. The lowest BCUT2D eigenvalue weighted by molar-refractivity contribution is 0.0697. The number of aromatic carboxylic acids is 1. The summed E-state index contributed by atoms with van der Waals surface area (Å²) < 4.78 is 1.71. The van der Waals surface area contributed by atoms with Crippen LogP contribution >= 0.6 is 0 Å². The van der Waals surface area contributed by atoms with Crippen LogP contribution in [0.25, 0.3) is 11.4 Å². The minimum Gasteiger partial charge on any atom is -0.478 e. The standard InChI is InChI=1S/C11H12N4O2/c1-6-4-13-11(12)14-9(6)8-3-7(10(16)17)5-15(8)2/h3-5H,1-2H3,(H,16,17)(H2,12,13,14). The topological polar surface area (TPSA) is 94.0 Å². The zero-order valence-electron chi connectivity index (χ0n) is 9.51. The molecule has 6 nitrogen and oxygen atoms in total. The third-order valence-electron chi connectivity index (χ3n) is 2.48. The molecular weight excluding hydrogens is 220 g/mol. The smallest absolute Gasteiger partial charge is 0.337 e. The fourth-order valence-electron chi connectivity index (χ4n) is 1.63. The highest BCUT2D eigenvalue weighted by atomic mass is 16.4. The minimum absolute atomic E-state index is 0.170. The van der Waals surface area contributed by atoms with Crippen molar-refractivity contribution in [1.82, 2.24) is 14.5 Å². The molecule has 0 saturated heterocycles. The highest BCUT2D eigenvalue weighted by molar-refractivity contribution is 5.89. The molecule has 0 bridgehead atoms. The van der Waals surface area contributed by atoms with Gasteiger partial charge in [0, 0.05) is 19.4 Å². The molecule has 0 amide bonds. The van der Waals surface area contributed by atoms with Gasteiger partial charge in [0.05, 0.1) is 17.0 Å². The Kier molecular flexibility index (Phi) is 2.55. The van der Waals surface area contributed by atoms with E-state index in [0.29, 0.717) is 11.4 Å². The zero-order chi connectivity index (χ0) is 12.6. The molecule has 0 radical (unpaired) electrons. The first-order chi connectivity index (χ1) is 7.99. The van der Waals surface area contributed by atoms with Gasteiger partial charge in [-0.1, -0.05) is 0 Å². The van der Waals surface area contributed by atoms with Crippen molar-refractivity contribution in [3.8, 4) is 11.4 Å². The van der Waals surface area contributed by atoms with Gasteiger partial charge in [0.15, 0.2) is 0 Å². The van der Waals surface area contributed by atoms with Crippen LogP contribution in [-0.4, -0.2) is 25.6 Å². The zero-order valence-corrected chi connectivity index (χ0v) is 9.51. The molecule has 2 heterocycles. The summed E-state index contributed by atoms with van der Waals surface area (Å²) in [6.45, 7) is 1.85. The molecule has 0 aliphatic heterocycles. The summed E-state index contributed by atoms with van der Waals surface area (Å²) in [6.07, 6.45) is 3.15. The fraction of sp³-hybridized carbons (Fsp3) is 0.182. The predicted octanol–water partition coefficient (Wildman–Crippen LogP) is 1.07. The molecule has 0 saturated carbocycles. The van der Waals surface area contributed by atoms with Crippen molar-refractivity contribution in [2.24, 2.45) is 7.05 Å². The Hall–Kier alpha value is -2.37. The molecule has 0 fully saturated rings. The average molecular weight is 232 g/mol. The van der Waals surface area contributed by atoms with Gasteiger partial charge < -0.3 is 15.4 Å². The Morgan fingerprint density at radius 2 is 2.24 bits per heavy atom. The van der Waals surface area contributed by atoms with Gasteiger partial charge in [-0.25, -0.2) is 14.8 Å². The number of aromatic nitrogens is 3. The van der Waals surface area contributed by atoms with Crippen LogP contribution < -0.4 is 5.73 Å². The molecule has 17 heavy (non-hydrogen) atoms. The van der Waals surface area contributed by atoms with Gasteiger partial charge in [-0.3, -0.25) is 0 Å². The van der Waals surface area contributed by atoms with Crippen molar-refractivity contribution in [1.29, 1.82) is 0 Å². The summed E-state index contributed by atoms with van der Waals surface area (Å²) in [4.78, 5) is 18.9. The van der Waals surface area contributed by atoms with Crippen molar-refractivity contribution >= 4 is 11.9 Å². The highest BCUT2D eigenvalue weighted by Gasteiger charge is 2.13. The van der Waals surface area contributed by atoms with Crippen molar-refractivity contribution in [3.05, 3.63) is 29.6 Å². The number of hydrogen-bond acceptors (Lipinski definition) is 4. The van der Waals surface area contributed by atoms with Crippen molar-refractivity contribution < 1.29 is 9.90 Å². The molecule has 3 N–H and O–H groups in total. The van der Waals surface area contributed by atoms with Crippen LogP contribution in [0.2, 0.25) is 0 Å². The normalized spacial score (nSPS) is 10.5. The van der Waals surface area contributed by atoms with Gasteiger partial charge in [0.1, 0.15) is 0 Å². The average Bonchev–Trinajstić information content (AvgIpc) is 2.64. The fourth-order valence-corrected chi connectivity index (χ4v) is 1.63. The summed E-state index contributed by atoms with van der Waals surface area (Å²) in [6, 6.07) is 1.57. The van der Waals surface area contributed by atoms with Crippen molar-refractivity contribution in [2.75, 3.05) is 5.73 Å². The molecule has 88 valence electrons. The van der Waals surface area contributed by atoms with Gasteiger partial charge >= 0.3 is 5.97 Å². The first kappa shape index (κ1) is 11.1. The SMILES string of the molecule is Cc1cnc(N)nc1-c1cc(C(=O)O)cn1C. The number of carbonyl (C=O) groups is 1. The molecule has 0 aliphatic rings. The van der Waals surface area contributed by atoms with E-state index in [0.717, 1.165) is 5.56 Å². The Morgan fingerprint density at radius 3 is 2.82 bits per heavy atom. The lowest BCUT2D eigenvalue weighted by atomic mass is 10.2. The van der Waals surface area contributed by atoms with Gasteiger partial charge in [0.2, 0.25) is 5.95 Å². The maximum atomic E-state index is 10.9. The van der Waals surface area contributed by atoms with E-state index in [4.69, 9.17) is 10.8 Å². The van der Waals surface area contributed by atoms with E-state index in [1.807, 2.05) is 6.92 Å². The maximum Gasteiger partial charge on any atom is 0.337 e. The van der Waals surface area contributed by atoms with Gasteiger partial charge in [-0.05, 0) is 18.6 Å². The Labute approximate surface area is 97.7 Å². The molecule has 6 heteroatoms. The van der Waals surface area contributed by atoms with E-state index < -0.39 is 5.97 Å². The van der Waals surface area contributed by atoms with Crippen LogP contribution in [0.4, 0.5) is 5.95 Å². The van der Waals surface area contributed by atoms with Gasteiger partial charge in [0.25, 0.3) is 0 Å². The third kappa shape index (κ3) is 1.96. The summed E-state index contributed by atoms with van der Waals surface area (Å²) in [7, 11) is 1.76. The quantitative estimate of drug-likeness (QED) is 0.807. The number of hydrogen-bond donors (Lipinski definition) is 2. The lowest BCUT2D eigenvalue weighted by Gasteiger charge is -2.05. The van der Waals surface area contributed by atoms with E-state index in [2.05, 4.69) is 9.97 Å². The highest BCUT2D eigenvalue weighted by Crippen LogP contribution is 2.23. The third-order valence-corrected chi connectivity index (χ3v) is 2.48. The van der Waals surface area contributed by atoms with E-state index >= 15 is 0 Å². The molecule has 2 aromatic heterocycles. The van der Waals surface area contributed by atoms with Crippen LogP contribution in [0.15, 0.2) is 18.5 Å². The van der Waals surface area contributed by atoms with Crippen molar-refractivity contribution in [2.45, 2.75) is 6.92 Å². The second kappa shape index (κ2) is 3.89. The van der Waals surface area contributed by atoms with Crippen LogP contribution in [0.1, 0.15) is 15.9 Å². The summed E-state index contributed by atoms with van der Waals surface area (Å²) in [5.74, 6) is -0.796. The number of anilines is 1. The van der Waals surface area contributed by atoms with Crippen LogP contribution in [-0.2, 0) is 7.05 Å². The molecule has 0 aromatic carbocycles. The first-order valence-electron chi connectivity index (χ1n) is 4.98. The van der Waals surface area contributed by atoms with E-state index in [1.54, 1.807) is 23.9 Å². The second-order valence-corrected chi connectivity index (χ2v) is 3.79. The van der Waals surface area contributed by atoms with E-state index in [-0.39, 0.29) is 11.5 Å². The molecule has 0 atom stereocenters. The Balaban J connectivity index is 2.60. The molecule has 2 rings (SSSR count). The minimum atomic E-state index is -0.966. The van der Waals surface area contributed by atoms with Crippen LogP contribution in [0.5, 0.6) is 0 Å². The molecule has 0 aliphatic carbocycles. The van der Waals surface area contributed by atoms with E-state index in [9.17, 15) is 4.79 Å². The molecular formula is C11H12N4O2. The van der Waals surface area contributed by atoms with Crippen LogP contribution in [0.3, 0.4) is 0 Å². The number of nitrogen functional groups attached to an aromatic ring is 1. The Morgan fingerprint density at radius 1 is 1.53 bits per heavy atom. The molecule has 2 aromatic rings. The number of carboxylic acids is 1. The monoisotopic (exact) mass is 232 g/mol. The number of carboxylic acid groups (broad SMARTS) is 1. The summed E-state index contributed by atoms with van der Waals surface area (Å²) in [5.41, 5.74) is 7.95. The largest absolute Gasteiger partial charge is 0.478 e. The lowest BCUT2D eigenvalue weighted by Crippen LogP contribution is -2.00. The number of nitrogens with zero attached hydrogens (tertiary/aromatic N) is 3. The number of nitrogens with two attached hydrogens (primary N) is 1. The number of aryl methyl sites for hydroxylation is 2. The second-order valence-electron chi connectivity index (χ2n) is 3.79. The van der Waals surface area contributed by atoms with Gasteiger partial charge in [-0.15, -0.1) is 0 Å². The van der Waals surface area contributed by atoms with E-state index in [1.165, 1.54) is 6.20 Å². The Bertz CT molecular complexity index is 589. The predicted molar refractivity (Wildman–Crippen MR) is 62.5 cm³/mol. The molecule has 0 unspecified atom stereocenters.